The van der Waals surface area contributed by atoms with Gasteiger partial charge in [-0.05, 0) is 36.4 Å². The lowest BCUT2D eigenvalue weighted by atomic mass is 10.2. The van der Waals surface area contributed by atoms with Gasteiger partial charge in [-0.15, -0.1) is 0 Å². The van der Waals surface area contributed by atoms with Crippen LogP contribution in [0.5, 0.6) is 11.5 Å². The number of anilines is 4. The number of carbonyl (C=O) groups excluding carboxylic acids is 1. The second-order valence-electron chi connectivity index (χ2n) is 6.38. The molecule has 0 bridgehead atoms. The molecule has 8 nitrogen and oxygen atoms in total. The Morgan fingerprint density at radius 1 is 0.897 bits per heavy atom. The Labute approximate surface area is 169 Å². The van der Waals surface area contributed by atoms with Crippen molar-refractivity contribution in [1.29, 1.82) is 0 Å². The van der Waals surface area contributed by atoms with Crippen LogP contribution >= 0.6 is 0 Å². The first-order valence-corrected chi connectivity index (χ1v) is 8.90. The topological polar surface area (TPSA) is 88.6 Å². The number of carbonyl (C=O) groups is 1. The number of rotatable bonds is 7. The molecule has 0 radical (unpaired) electrons. The third-order valence-corrected chi connectivity index (χ3v) is 4.20. The average Bonchev–Trinajstić information content (AvgIpc) is 2.74. The number of methoxy groups -OCH3 is 2. The van der Waals surface area contributed by atoms with Crippen molar-refractivity contribution >= 4 is 28.8 Å². The smallest absolute Gasteiger partial charge is 0.274 e. The van der Waals surface area contributed by atoms with Gasteiger partial charge in [0.2, 0.25) is 0 Å². The normalized spacial score (nSPS) is 10.2. The molecule has 0 fully saturated rings. The maximum absolute atomic E-state index is 12.6. The SMILES string of the molecule is COc1ccc(NC(=O)c2cc(Nc3ccc(N(C)C)cc3)ncn2)cc1OC. The summed E-state index contributed by atoms with van der Waals surface area (Å²) in [5.74, 6) is 1.27. The minimum absolute atomic E-state index is 0.238. The highest BCUT2D eigenvalue weighted by Gasteiger charge is 2.12. The Morgan fingerprint density at radius 2 is 1.59 bits per heavy atom. The molecule has 0 spiro atoms. The molecule has 2 aromatic carbocycles. The van der Waals surface area contributed by atoms with Crippen molar-refractivity contribution in [2.24, 2.45) is 0 Å². The Kier molecular flexibility index (Phi) is 6.13. The quantitative estimate of drug-likeness (QED) is 0.634. The molecular formula is C21H23N5O3. The van der Waals surface area contributed by atoms with Crippen LogP contribution in [0, 0.1) is 0 Å². The average molecular weight is 393 g/mol. The summed E-state index contributed by atoms with van der Waals surface area (Å²) < 4.78 is 10.5. The lowest BCUT2D eigenvalue weighted by Crippen LogP contribution is -2.14. The maximum atomic E-state index is 12.6. The lowest BCUT2D eigenvalue weighted by molar-refractivity contribution is 0.102. The number of nitrogens with zero attached hydrogens (tertiary/aromatic N) is 3. The van der Waals surface area contributed by atoms with Crippen LogP contribution in [0.3, 0.4) is 0 Å². The molecule has 0 aliphatic rings. The first-order valence-electron chi connectivity index (χ1n) is 8.90. The van der Waals surface area contributed by atoms with Gasteiger partial charge in [0.25, 0.3) is 5.91 Å². The Bertz CT molecular complexity index is 990. The summed E-state index contributed by atoms with van der Waals surface area (Å²) in [6.45, 7) is 0. The van der Waals surface area contributed by atoms with Gasteiger partial charge in [0.05, 0.1) is 14.2 Å². The van der Waals surface area contributed by atoms with Gasteiger partial charge < -0.3 is 25.0 Å². The number of aromatic nitrogens is 2. The summed E-state index contributed by atoms with van der Waals surface area (Å²) in [5, 5.41) is 5.97. The highest BCUT2D eigenvalue weighted by Crippen LogP contribution is 2.30. The Hall–Kier alpha value is -3.81. The van der Waals surface area contributed by atoms with Gasteiger partial charge in [-0.25, -0.2) is 9.97 Å². The standard InChI is InChI=1S/C21H23N5O3/c1-26(2)16-8-5-14(6-9-16)24-20-12-17(22-13-23-20)21(27)25-15-7-10-18(28-3)19(11-15)29-4/h5-13H,1-4H3,(H,25,27)(H,22,23,24). The van der Waals surface area contributed by atoms with Crippen LogP contribution in [0.1, 0.15) is 10.5 Å². The second kappa shape index (κ2) is 8.92. The van der Waals surface area contributed by atoms with Crippen LogP contribution in [0.2, 0.25) is 0 Å². The minimum atomic E-state index is -0.356. The van der Waals surface area contributed by atoms with Crippen molar-refractivity contribution in [3.63, 3.8) is 0 Å². The van der Waals surface area contributed by atoms with E-state index in [0.29, 0.717) is 23.0 Å². The zero-order chi connectivity index (χ0) is 20.8. The van der Waals surface area contributed by atoms with E-state index in [0.717, 1.165) is 11.4 Å². The molecule has 0 aliphatic heterocycles. The second-order valence-corrected chi connectivity index (χ2v) is 6.38. The molecule has 2 N–H and O–H groups in total. The van der Waals surface area contributed by atoms with Gasteiger partial charge >= 0.3 is 0 Å². The van der Waals surface area contributed by atoms with Crippen LogP contribution in [0.25, 0.3) is 0 Å². The van der Waals surface area contributed by atoms with Gasteiger partial charge in [-0.3, -0.25) is 4.79 Å². The van der Waals surface area contributed by atoms with Crippen LogP contribution in [-0.4, -0.2) is 44.2 Å². The third-order valence-electron chi connectivity index (χ3n) is 4.20. The maximum Gasteiger partial charge on any atom is 0.274 e. The molecule has 3 rings (SSSR count). The Balaban J connectivity index is 1.72. The van der Waals surface area contributed by atoms with Gasteiger partial charge in [0.1, 0.15) is 17.8 Å². The summed E-state index contributed by atoms with van der Waals surface area (Å²) in [7, 11) is 7.06. The molecule has 0 saturated heterocycles. The lowest BCUT2D eigenvalue weighted by Gasteiger charge is -2.13. The van der Waals surface area contributed by atoms with E-state index >= 15 is 0 Å². The molecule has 0 atom stereocenters. The van der Waals surface area contributed by atoms with E-state index < -0.39 is 0 Å². The van der Waals surface area contributed by atoms with Crippen LogP contribution in [0.4, 0.5) is 22.9 Å². The van der Waals surface area contributed by atoms with Crippen LogP contribution in [0.15, 0.2) is 54.9 Å². The molecule has 29 heavy (non-hydrogen) atoms. The van der Waals surface area contributed by atoms with Gasteiger partial charge in [0, 0.05) is 43.3 Å². The van der Waals surface area contributed by atoms with Crippen LogP contribution < -0.4 is 25.0 Å². The minimum Gasteiger partial charge on any atom is -0.493 e. The van der Waals surface area contributed by atoms with Gasteiger partial charge in [0.15, 0.2) is 11.5 Å². The number of amides is 1. The molecule has 8 heteroatoms. The molecular weight excluding hydrogens is 370 g/mol. The zero-order valence-electron chi connectivity index (χ0n) is 16.8. The first-order chi connectivity index (χ1) is 14.0. The summed E-state index contributed by atoms with van der Waals surface area (Å²) in [6.07, 6.45) is 1.35. The van der Waals surface area contributed by atoms with E-state index in [1.54, 1.807) is 31.4 Å². The number of ether oxygens (including phenoxy) is 2. The largest absolute Gasteiger partial charge is 0.493 e. The summed E-state index contributed by atoms with van der Waals surface area (Å²) in [6, 6.07) is 14.6. The molecule has 150 valence electrons. The van der Waals surface area contributed by atoms with Gasteiger partial charge in [-0.1, -0.05) is 0 Å². The van der Waals surface area contributed by atoms with E-state index in [1.807, 2.05) is 43.3 Å². The fraction of sp³-hybridized carbons (Fsp3) is 0.190. The number of benzene rings is 2. The zero-order valence-corrected chi connectivity index (χ0v) is 16.8. The van der Waals surface area contributed by atoms with Crippen molar-refractivity contribution in [2.75, 3.05) is 43.8 Å². The van der Waals surface area contributed by atoms with E-state index in [2.05, 4.69) is 20.6 Å². The number of hydrogen-bond acceptors (Lipinski definition) is 7. The molecule has 3 aromatic rings. The van der Waals surface area contributed by atoms with Crippen molar-refractivity contribution in [1.82, 2.24) is 9.97 Å². The molecule has 0 saturated carbocycles. The molecule has 0 unspecified atom stereocenters. The van der Waals surface area contributed by atoms with E-state index in [9.17, 15) is 4.79 Å². The predicted molar refractivity (Wildman–Crippen MR) is 114 cm³/mol. The summed E-state index contributed by atoms with van der Waals surface area (Å²) >= 11 is 0. The molecule has 1 amide bonds. The first kappa shape index (κ1) is 19.9. The van der Waals surface area contributed by atoms with Crippen molar-refractivity contribution in [3.8, 4) is 11.5 Å². The van der Waals surface area contributed by atoms with E-state index in [1.165, 1.54) is 13.4 Å². The summed E-state index contributed by atoms with van der Waals surface area (Å²) in [4.78, 5) is 22.9. The van der Waals surface area contributed by atoms with Crippen molar-refractivity contribution < 1.29 is 14.3 Å². The highest BCUT2D eigenvalue weighted by atomic mass is 16.5. The number of hydrogen-bond donors (Lipinski definition) is 2. The highest BCUT2D eigenvalue weighted by molar-refractivity contribution is 6.03. The third kappa shape index (κ3) is 4.92. The summed E-state index contributed by atoms with van der Waals surface area (Å²) in [5.41, 5.74) is 2.76. The fourth-order valence-corrected chi connectivity index (χ4v) is 2.65. The molecule has 0 aliphatic carbocycles. The monoisotopic (exact) mass is 393 g/mol. The number of nitrogens with one attached hydrogen (secondary N) is 2. The predicted octanol–water partition coefficient (Wildman–Crippen LogP) is 3.56. The van der Waals surface area contributed by atoms with E-state index in [4.69, 9.17) is 9.47 Å². The molecule has 1 heterocycles. The van der Waals surface area contributed by atoms with Crippen molar-refractivity contribution in [3.05, 3.63) is 60.6 Å². The van der Waals surface area contributed by atoms with Gasteiger partial charge in [-0.2, -0.15) is 0 Å². The molecule has 1 aromatic heterocycles. The van der Waals surface area contributed by atoms with E-state index in [-0.39, 0.29) is 11.6 Å². The fourth-order valence-electron chi connectivity index (χ4n) is 2.65. The van der Waals surface area contributed by atoms with Crippen molar-refractivity contribution in [2.45, 2.75) is 0 Å². The van der Waals surface area contributed by atoms with Crippen LogP contribution in [-0.2, 0) is 0 Å². The Morgan fingerprint density at radius 3 is 2.24 bits per heavy atom.